The van der Waals surface area contributed by atoms with Gasteiger partial charge in [0.05, 0.1) is 6.20 Å². The van der Waals surface area contributed by atoms with Crippen LogP contribution in [0.4, 0.5) is 10.6 Å². The van der Waals surface area contributed by atoms with E-state index in [0.29, 0.717) is 16.5 Å². The molecule has 1 saturated heterocycles. The van der Waals surface area contributed by atoms with Crippen LogP contribution in [0.1, 0.15) is 39.1 Å². The first kappa shape index (κ1) is 18.6. The molecule has 2 unspecified atom stereocenters. The second-order valence-electron chi connectivity index (χ2n) is 7.67. The molecule has 1 aromatic rings. The number of carbonyl (C=O) groups excluding carboxylic acids is 1. The van der Waals surface area contributed by atoms with E-state index in [-0.39, 0.29) is 0 Å². The molecule has 2 fully saturated rings. The predicted octanol–water partition coefficient (Wildman–Crippen LogP) is 3.86. The first-order chi connectivity index (χ1) is 12.2. The Morgan fingerprint density at radius 3 is 2.77 bits per heavy atom. The fourth-order valence-corrected chi connectivity index (χ4v) is 3.64. The highest BCUT2D eigenvalue weighted by Crippen LogP contribution is 2.44. The maximum Gasteiger partial charge on any atom is 0.413 e. The molecule has 1 N–H and O–H groups in total. The predicted molar refractivity (Wildman–Crippen MR) is 106 cm³/mol. The Balaban J connectivity index is 1.64. The standard InChI is InChI=1S/C18H25N5O2S/c1-11(23-8-12-6-13(12)9-23)20-7-14(19-5)16-21-15(10-26-16)22-17(24)25-18(2,3)4/h7,10,12-13H,5-6,8-9H2,1-4H3,(H,22,24)/b14-7-,20-11?. The van der Waals surface area contributed by atoms with Crippen molar-refractivity contribution in [2.45, 2.75) is 39.7 Å². The molecule has 1 aromatic heterocycles. The number of piperidine rings is 1. The summed E-state index contributed by atoms with van der Waals surface area (Å²) in [7, 11) is 0. The summed E-state index contributed by atoms with van der Waals surface area (Å²) in [6.07, 6.45) is 2.52. The fraction of sp³-hybridized carbons (Fsp3) is 0.556. The van der Waals surface area contributed by atoms with E-state index in [4.69, 9.17) is 4.74 Å². The van der Waals surface area contributed by atoms with Gasteiger partial charge in [0, 0.05) is 18.5 Å². The maximum absolute atomic E-state index is 11.8. The molecule has 2 atom stereocenters. The molecule has 1 aliphatic heterocycles. The number of nitrogens with zero attached hydrogens (tertiary/aromatic N) is 4. The van der Waals surface area contributed by atoms with Crippen LogP contribution in [0, 0.1) is 11.8 Å². The smallest absolute Gasteiger partial charge is 0.413 e. The molecule has 1 aliphatic carbocycles. The molecule has 140 valence electrons. The van der Waals surface area contributed by atoms with Gasteiger partial charge in [0.25, 0.3) is 0 Å². The van der Waals surface area contributed by atoms with Crippen molar-refractivity contribution in [3.63, 3.8) is 0 Å². The Labute approximate surface area is 157 Å². The normalized spacial score (nSPS) is 22.8. The number of aromatic nitrogens is 1. The fourth-order valence-electron chi connectivity index (χ4n) is 2.92. The number of rotatable bonds is 4. The van der Waals surface area contributed by atoms with Gasteiger partial charge in [-0.25, -0.2) is 14.8 Å². The molecular formula is C18H25N5O2S. The number of amides is 1. The number of fused-ring (bicyclic) bond motifs is 1. The zero-order chi connectivity index (χ0) is 18.9. The molecule has 2 heterocycles. The molecule has 0 spiro atoms. The number of aliphatic imine (C=N–C) groups is 2. The van der Waals surface area contributed by atoms with Gasteiger partial charge in [-0.05, 0) is 52.7 Å². The van der Waals surface area contributed by atoms with E-state index in [2.05, 4.69) is 31.9 Å². The van der Waals surface area contributed by atoms with Crippen molar-refractivity contribution in [2.75, 3.05) is 18.4 Å². The molecule has 1 amide bonds. The number of likely N-dealkylation sites (tertiary alicyclic amines) is 1. The summed E-state index contributed by atoms with van der Waals surface area (Å²) in [6, 6.07) is 0. The van der Waals surface area contributed by atoms with Crippen LogP contribution >= 0.6 is 11.3 Å². The molecule has 2 aliphatic rings. The maximum atomic E-state index is 11.8. The summed E-state index contributed by atoms with van der Waals surface area (Å²) in [4.78, 5) is 27.1. The lowest BCUT2D eigenvalue weighted by Crippen LogP contribution is -2.27. The number of carbonyl (C=O) groups is 1. The van der Waals surface area contributed by atoms with Crippen molar-refractivity contribution in [1.82, 2.24) is 9.88 Å². The highest BCUT2D eigenvalue weighted by molar-refractivity contribution is 7.11. The van der Waals surface area contributed by atoms with Gasteiger partial charge >= 0.3 is 6.09 Å². The first-order valence-corrected chi connectivity index (χ1v) is 9.55. The zero-order valence-electron chi connectivity index (χ0n) is 15.7. The van der Waals surface area contributed by atoms with Crippen LogP contribution in [-0.4, -0.2) is 47.2 Å². The number of hydrogen-bond acceptors (Lipinski definition) is 6. The van der Waals surface area contributed by atoms with Crippen molar-refractivity contribution in [1.29, 1.82) is 0 Å². The van der Waals surface area contributed by atoms with Gasteiger partial charge in [-0.3, -0.25) is 10.3 Å². The summed E-state index contributed by atoms with van der Waals surface area (Å²) in [5, 5.41) is 5.01. The quantitative estimate of drug-likeness (QED) is 0.640. The van der Waals surface area contributed by atoms with E-state index in [1.165, 1.54) is 17.8 Å². The summed E-state index contributed by atoms with van der Waals surface area (Å²) in [5.74, 6) is 3.14. The van der Waals surface area contributed by atoms with Crippen molar-refractivity contribution >= 4 is 41.5 Å². The van der Waals surface area contributed by atoms with E-state index >= 15 is 0 Å². The molecule has 7 nitrogen and oxygen atoms in total. The van der Waals surface area contributed by atoms with Gasteiger partial charge in [-0.2, -0.15) is 0 Å². The highest BCUT2D eigenvalue weighted by atomic mass is 32.1. The molecule has 0 aromatic carbocycles. The average molecular weight is 375 g/mol. The number of ether oxygens (including phenoxy) is 1. The zero-order valence-corrected chi connectivity index (χ0v) is 16.5. The topological polar surface area (TPSA) is 79.2 Å². The number of amidine groups is 1. The van der Waals surface area contributed by atoms with Crippen LogP contribution in [-0.2, 0) is 4.74 Å². The van der Waals surface area contributed by atoms with Gasteiger partial charge in [0.1, 0.15) is 28.0 Å². The second kappa shape index (κ2) is 7.19. The van der Waals surface area contributed by atoms with E-state index in [1.54, 1.807) is 11.6 Å². The van der Waals surface area contributed by atoms with Crippen LogP contribution in [0.3, 0.4) is 0 Å². The SMILES string of the molecule is C=N/C(=C\N=C(C)N1CC2CC2C1)c1nc(NC(=O)OC(C)(C)C)cs1. The molecule has 0 bridgehead atoms. The molecule has 26 heavy (non-hydrogen) atoms. The third-order valence-corrected chi connectivity index (χ3v) is 5.20. The third kappa shape index (κ3) is 4.69. The second-order valence-corrected chi connectivity index (χ2v) is 8.53. The van der Waals surface area contributed by atoms with Crippen molar-refractivity contribution in [2.24, 2.45) is 21.8 Å². The third-order valence-electron chi connectivity index (χ3n) is 4.33. The van der Waals surface area contributed by atoms with Crippen LogP contribution in [0.5, 0.6) is 0 Å². The van der Waals surface area contributed by atoms with Gasteiger partial charge in [0.15, 0.2) is 0 Å². The Morgan fingerprint density at radius 1 is 1.46 bits per heavy atom. The Hall–Kier alpha value is -2.22. The summed E-state index contributed by atoms with van der Waals surface area (Å²) in [6.45, 7) is 13.3. The van der Waals surface area contributed by atoms with Crippen molar-refractivity contribution < 1.29 is 9.53 Å². The number of anilines is 1. The lowest BCUT2D eigenvalue weighted by Gasteiger charge is -2.19. The monoisotopic (exact) mass is 375 g/mol. The average Bonchev–Trinajstić information content (AvgIpc) is 2.94. The summed E-state index contributed by atoms with van der Waals surface area (Å²) in [5.41, 5.74) is 0.0231. The minimum atomic E-state index is -0.556. The molecule has 8 heteroatoms. The Kier molecular flexibility index (Phi) is 5.13. The molecule has 3 rings (SSSR count). The van der Waals surface area contributed by atoms with Crippen molar-refractivity contribution in [3.05, 3.63) is 16.6 Å². The minimum Gasteiger partial charge on any atom is -0.444 e. The van der Waals surface area contributed by atoms with Gasteiger partial charge in [-0.1, -0.05) is 0 Å². The van der Waals surface area contributed by atoms with E-state index in [1.807, 2.05) is 27.7 Å². The van der Waals surface area contributed by atoms with Gasteiger partial charge in [0.2, 0.25) is 0 Å². The van der Waals surface area contributed by atoms with E-state index in [0.717, 1.165) is 30.8 Å². The van der Waals surface area contributed by atoms with Gasteiger partial charge < -0.3 is 9.64 Å². The lowest BCUT2D eigenvalue weighted by molar-refractivity contribution is 0.0635. The minimum absolute atomic E-state index is 0.425. The Morgan fingerprint density at radius 2 is 2.15 bits per heavy atom. The Bertz CT molecular complexity index is 752. The lowest BCUT2D eigenvalue weighted by atomic mass is 10.2. The van der Waals surface area contributed by atoms with E-state index in [9.17, 15) is 4.79 Å². The summed E-state index contributed by atoms with van der Waals surface area (Å²) < 4.78 is 5.22. The largest absolute Gasteiger partial charge is 0.444 e. The van der Waals surface area contributed by atoms with Gasteiger partial charge in [-0.15, -0.1) is 11.3 Å². The van der Waals surface area contributed by atoms with Crippen molar-refractivity contribution in [3.8, 4) is 0 Å². The molecule has 0 radical (unpaired) electrons. The van der Waals surface area contributed by atoms with Crippen LogP contribution in [0.15, 0.2) is 21.6 Å². The van der Waals surface area contributed by atoms with Crippen LogP contribution in [0.25, 0.3) is 5.70 Å². The molecular weight excluding hydrogens is 350 g/mol. The first-order valence-electron chi connectivity index (χ1n) is 8.67. The molecule has 1 saturated carbocycles. The number of nitrogens with one attached hydrogen (secondary N) is 1. The number of thiazole rings is 1. The van der Waals surface area contributed by atoms with Crippen LogP contribution < -0.4 is 5.32 Å². The summed E-state index contributed by atoms with van der Waals surface area (Å²) >= 11 is 1.37. The highest BCUT2D eigenvalue weighted by Gasteiger charge is 2.45. The van der Waals surface area contributed by atoms with Crippen LogP contribution in [0.2, 0.25) is 0 Å². The van der Waals surface area contributed by atoms with E-state index < -0.39 is 11.7 Å². The number of hydrogen-bond donors (Lipinski definition) is 1.